The van der Waals surface area contributed by atoms with Gasteiger partial charge in [-0.1, -0.05) is 78.2 Å². The van der Waals surface area contributed by atoms with Crippen molar-refractivity contribution in [2.45, 2.75) is 179 Å². The Morgan fingerprint density at radius 1 is 0.584 bits per heavy atom. The lowest BCUT2D eigenvalue weighted by Crippen LogP contribution is -2.49. The Kier molecular flexibility index (Phi) is 18.2. The van der Waals surface area contributed by atoms with Gasteiger partial charge in [0, 0.05) is 63.5 Å². The molecule has 1 unspecified atom stereocenters. The number of benzene rings is 3. The molecule has 0 bridgehead atoms. The lowest BCUT2D eigenvalue weighted by Gasteiger charge is -2.47. The van der Waals surface area contributed by atoms with Crippen LogP contribution in [0.5, 0.6) is 0 Å². The molecule has 0 saturated carbocycles. The fraction of sp³-hybridized carbons (Fsp3) is 0.581. The number of carbonyl (C=O) groups excluding carboxylic acids is 6. The fourth-order valence-corrected chi connectivity index (χ4v) is 13.0. The van der Waals surface area contributed by atoms with Gasteiger partial charge in [0.1, 0.15) is 11.2 Å². The monoisotopic (exact) mass is 1060 g/mol. The zero-order valence-corrected chi connectivity index (χ0v) is 47.5. The van der Waals surface area contributed by atoms with E-state index >= 15 is 0 Å². The zero-order chi connectivity index (χ0) is 55.9. The average Bonchev–Trinajstić information content (AvgIpc) is 3.82. The van der Waals surface area contributed by atoms with Gasteiger partial charge in [0.05, 0.1) is 31.2 Å². The first-order chi connectivity index (χ1) is 36.3. The van der Waals surface area contributed by atoms with Gasteiger partial charge >= 0.3 is 12.2 Å². The summed E-state index contributed by atoms with van der Waals surface area (Å²) in [6, 6.07) is 23.7. The highest BCUT2D eigenvalue weighted by Gasteiger charge is 2.48. The molecule has 3 fully saturated rings. The van der Waals surface area contributed by atoms with Crippen molar-refractivity contribution in [3.8, 4) is 12.3 Å². The van der Waals surface area contributed by atoms with Crippen molar-refractivity contribution in [1.29, 1.82) is 0 Å². The van der Waals surface area contributed by atoms with Crippen molar-refractivity contribution in [1.82, 2.24) is 36.0 Å². The first-order valence-electron chi connectivity index (χ1n) is 27.8. The number of amides is 6. The van der Waals surface area contributed by atoms with Crippen LogP contribution >= 0.6 is 0 Å². The Morgan fingerprint density at radius 2 is 1.00 bits per heavy atom. The zero-order valence-electron chi connectivity index (χ0n) is 47.5. The van der Waals surface area contributed by atoms with E-state index in [4.69, 9.17) is 15.9 Å². The summed E-state index contributed by atoms with van der Waals surface area (Å²) in [5, 5.41) is 12.0. The van der Waals surface area contributed by atoms with Crippen LogP contribution in [-0.4, -0.2) is 114 Å². The summed E-state index contributed by atoms with van der Waals surface area (Å²) >= 11 is 0. The van der Waals surface area contributed by atoms with E-state index in [0.29, 0.717) is 32.7 Å². The number of nitrogens with zero attached hydrogens (tertiary/aromatic N) is 3. The Hall–Kier alpha value is -6.40. The average molecular weight is 1060 g/mol. The molecule has 6 aliphatic rings. The highest BCUT2D eigenvalue weighted by atomic mass is 16.6. The maximum absolute atomic E-state index is 12.4. The lowest BCUT2D eigenvalue weighted by molar-refractivity contribution is -0.123. The van der Waals surface area contributed by atoms with Gasteiger partial charge in [0.15, 0.2) is 0 Å². The van der Waals surface area contributed by atoms with E-state index in [9.17, 15) is 28.8 Å². The summed E-state index contributed by atoms with van der Waals surface area (Å²) in [7, 11) is 0. The van der Waals surface area contributed by atoms with E-state index in [-0.39, 0.29) is 82.4 Å². The predicted octanol–water partition coefficient (Wildman–Crippen LogP) is 10.1. The van der Waals surface area contributed by atoms with Crippen LogP contribution < -0.4 is 21.3 Å². The second-order valence-electron chi connectivity index (χ2n) is 24.5. The molecule has 6 amide bonds. The maximum atomic E-state index is 12.4. The summed E-state index contributed by atoms with van der Waals surface area (Å²) in [6.45, 7) is 23.4. The van der Waals surface area contributed by atoms with Gasteiger partial charge in [-0.15, -0.1) is 6.42 Å². The highest BCUT2D eigenvalue weighted by Crippen LogP contribution is 2.53. The molecule has 9 rings (SSSR count). The minimum Gasteiger partial charge on any atom is -0.444 e. The minimum atomic E-state index is -0.472. The van der Waals surface area contributed by atoms with Crippen molar-refractivity contribution in [3.05, 3.63) is 106 Å². The highest BCUT2D eigenvalue weighted by molar-refractivity contribution is 5.78. The molecule has 15 heteroatoms. The van der Waals surface area contributed by atoms with Crippen LogP contribution in [0.3, 0.4) is 0 Å². The van der Waals surface area contributed by atoms with Gasteiger partial charge in [-0.3, -0.25) is 24.1 Å². The summed E-state index contributed by atoms with van der Waals surface area (Å²) in [5.41, 5.74) is 8.29. The number of nitrogens with one attached hydrogen (secondary N) is 4. The second-order valence-corrected chi connectivity index (χ2v) is 24.5. The van der Waals surface area contributed by atoms with Crippen LogP contribution in [0.4, 0.5) is 9.59 Å². The quantitative estimate of drug-likeness (QED) is 0.175. The summed E-state index contributed by atoms with van der Waals surface area (Å²) in [6.07, 6.45) is 14.3. The third-order valence-electron chi connectivity index (χ3n) is 16.5. The SMILES string of the molecule is C#CCNC(=O)CN1CCC2(CC1)C[C@H](NC(C)=O)c1ccccc12.CC(=O)NC1CCC2(CCN(C(=O)OC(C)(C)C)CC2)c2ccccc21.CC(=O)N[C@H]1CC2(CCN(C(=O)OC(C)(C)C)CC2)c2ccc(C)cc21.[HH].[HH].[HH].[HH]. The summed E-state index contributed by atoms with van der Waals surface area (Å²) < 4.78 is 11.0. The second kappa shape index (κ2) is 24.1. The number of rotatable bonds is 6. The Bertz CT molecular complexity index is 2700. The van der Waals surface area contributed by atoms with Gasteiger partial charge in [-0.25, -0.2) is 9.59 Å². The number of piperidine rings is 3. The van der Waals surface area contributed by atoms with Crippen LogP contribution in [0.25, 0.3) is 0 Å². The van der Waals surface area contributed by atoms with Crippen LogP contribution in [0, 0.1) is 19.3 Å². The van der Waals surface area contributed by atoms with E-state index in [0.717, 1.165) is 77.3 Å². The van der Waals surface area contributed by atoms with Gasteiger partial charge in [0.25, 0.3) is 0 Å². The van der Waals surface area contributed by atoms with E-state index in [1.807, 2.05) is 63.5 Å². The van der Waals surface area contributed by atoms with Crippen molar-refractivity contribution >= 4 is 35.8 Å². The fourth-order valence-electron chi connectivity index (χ4n) is 13.0. The molecule has 0 aromatic heterocycles. The molecule has 4 N–H and O–H groups in total. The molecule has 3 atom stereocenters. The van der Waals surface area contributed by atoms with Gasteiger partial charge < -0.3 is 40.5 Å². The topological polar surface area (TPSA) is 179 Å². The van der Waals surface area contributed by atoms with Crippen LogP contribution in [-0.2, 0) is 44.9 Å². The molecule has 0 radical (unpaired) electrons. The molecular weight excluding hydrogens is 971 g/mol. The first-order valence-corrected chi connectivity index (χ1v) is 27.8. The minimum absolute atomic E-state index is 0. The van der Waals surface area contributed by atoms with E-state index in [2.05, 4.69) is 93.6 Å². The number of aryl methyl sites for hydroxylation is 1. The molecule has 3 saturated heterocycles. The number of likely N-dealkylation sites (tertiary alicyclic amines) is 3. The maximum Gasteiger partial charge on any atom is 0.410 e. The van der Waals surface area contributed by atoms with E-state index in [1.54, 1.807) is 20.8 Å². The molecule has 3 aromatic rings. The number of carbonyl (C=O) groups is 6. The van der Waals surface area contributed by atoms with E-state index < -0.39 is 11.2 Å². The predicted molar refractivity (Wildman–Crippen MR) is 307 cm³/mol. The number of terminal acetylenes is 1. The molecule has 3 heterocycles. The lowest BCUT2D eigenvalue weighted by atomic mass is 9.63. The van der Waals surface area contributed by atoms with Crippen molar-refractivity contribution in [3.63, 3.8) is 0 Å². The molecule has 424 valence electrons. The number of ether oxygens (including phenoxy) is 2. The molecule has 3 aliphatic heterocycles. The third kappa shape index (κ3) is 14.4. The smallest absolute Gasteiger partial charge is 0.410 e. The number of hydrogen-bond donors (Lipinski definition) is 4. The molecular formula is C62H93N7O8. The van der Waals surface area contributed by atoms with E-state index in [1.165, 1.54) is 38.9 Å². The molecule has 3 aliphatic carbocycles. The first kappa shape index (κ1) is 58.3. The normalized spacial score (nSPS) is 21.5. The Labute approximate surface area is 463 Å². The van der Waals surface area contributed by atoms with Crippen LogP contribution in [0.1, 0.15) is 189 Å². The van der Waals surface area contributed by atoms with Crippen molar-refractivity contribution in [2.75, 3.05) is 52.4 Å². The summed E-state index contributed by atoms with van der Waals surface area (Å²) in [4.78, 5) is 77.2. The van der Waals surface area contributed by atoms with Gasteiger partial charge in [-0.2, -0.15) is 0 Å². The number of fused-ring (bicyclic) bond motifs is 6. The molecule has 3 aromatic carbocycles. The Morgan fingerprint density at radius 3 is 1.48 bits per heavy atom. The van der Waals surface area contributed by atoms with Crippen LogP contribution in [0.15, 0.2) is 66.7 Å². The standard InChI is InChI=1S/2C21H30N2O3.C20H25N3O2.4H2/c1-14-6-7-17-16(12-14)18(22-15(2)24)13-21(17)8-10-23(11-9-21)19(25)26-20(3,4)5;1-15(24)22-18-9-10-21(17-8-6-5-7-16(17)18)11-13-23(14-12-21)19(25)26-20(2,3)4;1-3-10-21-19(25)14-23-11-8-20(9-12-23)13-18(22-15(2)24)16-6-4-5-7-17(16)20;;;;/h6-7,12,18H,8-11,13H2,1-5H3,(H,22,24);5-8,18H,9-14H2,1-4H3,(H,22,24);1,4-7,18H,8-14H2,2H3,(H,21,25)(H,22,24);4*1H/t18-;;18-;;;;/m0.0..../s1. The van der Waals surface area contributed by atoms with Crippen molar-refractivity contribution in [2.24, 2.45) is 0 Å². The van der Waals surface area contributed by atoms with Gasteiger partial charge in [0.2, 0.25) is 23.6 Å². The third-order valence-corrected chi connectivity index (χ3v) is 16.5. The van der Waals surface area contributed by atoms with Crippen LogP contribution in [0.2, 0.25) is 0 Å². The van der Waals surface area contributed by atoms with Crippen molar-refractivity contribution < 1.29 is 43.9 Å². The molecule has 15 nitrogen and oxygen atoms in total. The Balaban J connectivity index is 0.000000311. The molecule has 77 heavy (non-hydrogen) atoms. The molecule has 3 spiro atoms. The largest absolute Gasteiger partial charge is 0.444 e. The summed E-state index contributed by atoms with van der Waals surface area (Å²) in [5.74, 6) is 2.44. The number of hydrogen-bond acceptors (Lipinski definition) is 9. The van der Waals surface area contributed by atoms with Gasteiger partial charge in [-0.05, 0) is 165 Å².